The number of sulfonamides is 1. The van der Waals surface area contributed by atoms with Gasteiger partial charge in [0.25, 0.3) is 0 Å². The Morgan fingerprint density at radius 2 is 1.88 bits per heavy atom. The van der Waals surface area contributed by atoms with Crippen molar-refractivity contribution in [1.29, 1.82) is 0 Å². The molecule has 0 aliphatic heterocycles. The molecule has 9 nitrogen and oxygen atoms in total. The summed E-state index contributed by atoms with van der Waals surface area (Å²) in [5.74, 6) is 1.19. The number of carbonyl (C=O) groups excluding carboxylic acids is 1. The second-order valence-electron chi connectivity index (χ2n) is 7.89. The molecule has 0 N–H and O–H groups in total. The molecule has 1 heterocycles. The molecule has 1 amide bonds. The number of rotatable bonds is 9. The average Bonchev–Trinajstić information content (AvgIpc) is 3.25. The van der Waals surface area contributed by atoms with Crippen molar-refractivity contribution in [2.24, 2.45) is 0 Å². The first kappa shape index (κ1) is 24.4. The van der Waals surface area contributed by atoms with Gasteiger partial charge in [0.05, 0.1) is 18.6 Å². The van der Waals surface area contributed by atoms with E-state index in [1.54, 1.807) is 19.2 Å². The van der Waals surface area contributed by atoms with Gasteiger partial charge in [-0.2, -0.15) is 4.98 Å². The summed E-state index contributed by atoms with van der Waals surface area (Å²) in [7, 11) is 2.52. The largest absolute Gasteiger partial charge is 0.496 e. The lowest BCUT2D eigenvalue weighted by molar-refractivity contribution is -0.130. The highest BCUT2D eigenvalue weighted by molar-refractivity contribution is 7.89. The van der Waals surface area contributed by atoms with Gasteiger partial charge in [0.2, 0.25) is 27.6 Å². The SMILES string of the molecule is COc1ccc(S(=O)(=O)N(C)C)cc1CCC(=O)N(C)Cc1nc(-c2cccc(C)c2)no1. The van der Waals surface area contributed by atoms with E-state index in [1.165, 1.54) is 32.2 Å². The lowest BCUT2D eigenvalue weighted by atomic mass is 10.1. The number of amides is 1. The zero-order chi connectivity index (χ0) is 24.2. The Balaban J connectivity index is 1.66. The number of hydrogen-bond acceptors (Lipinski definition) is 7. The molecule has 0 saturated carbocycles. The highest BCUT2D eigenvalue weighted by Gasteiger charge is 2.20. The summed E-state index contributed by atoms with van der Waals surface area (Å²) in [4.78, 5) is 18.7. The second-order valence-corrected chi connectivity index (χ2v) is 10.0. The van der Waals surface area contributed by atoms with Crippen LogP contribution in [0.3, 0.4) is 0 Å². The first-order valence-electron chi connectivity index (χ1n) is 10.3. The van der Waals surface area contributed by atoms with Crippen LogP contribution in [0.4, 0.5) is 0 Å². The predicted octanol–water partition coefficient (Wildman–Crippen LogP) is 2.90. The van der Waals surface area contributed by atoms with Crippen molar-refractivity contribution in [3.05, 3.63) is 59.5 Å². The van der Waals surface area contributed by atoms with Gasteiger partial charge in [0.1, 0.15) is 5.75 Å². The van der Waals surface area contributed by atoms with Crippen molar-refractivity contribution in [2.75, 3.05) is 28.3 Å². The fraction of sp³-hybridized carbons (Fsp3) is 0.348. The number of benzene rings is 2. The molecule has 10 heteroatoms. The molecule has 0 atom stereocenters. The summed E-state index contributed by atoms with van der Waals surface area (Å²) >= 11 is 0. The van der Waals surface area contributed by atoms with Crippen LogP contribution in [0, 0.1) is 6.92 Å². The molecule has 0 aliphatic rings. The molecule has 0 bridgehead atoms. The quantitative estimate of drug-likeness (QED) is 0.471. The van der Waals surface area contributed by atoms with Crippen LogP contribution < -0.4 is 4.74 Å². The molecule has 1 aromatic heterocycles. The molecule has 2 aromatic carbocycles. The maximum absolute atomic E-state index is 12.7. The fourth-order valence-corrected chi connectivity index (χ4v) is 4.22. The third kappa shape index (κ3) is 5.77. The molecule has 0 aliphatic carbocycles. The van der Waals surface area contributed by atoms with E-state index in [0.717, 1.165) is 15.4 Å². The maximum Gasteiger partial charge on any atom is 0.246 e. The number of nitrogens with zero attached hydrogens (tertiary/aromatic N) is 4. The average molecular weight is 473 g/mol. The normalized spacial score (nSPS) is 11.6. The van der Waals surface area contributed by atoms with Crippen LogP contribution in [0.1, 0.15) is 23.4 Å². The predicted molar refractivity (Wildman–Crippen MR) is 123 cm³/mol. The molecule has 33 heavy (non-hydrogen) atoms. The van der Waals surface area contributed by atoms with Crippen LogP contribution in [0.5, 0.6) is 5.75 Å². The van der Waals surface area contributed by atoms with Gasteiger partial charge in [-0.3, -0.25) is 4.79 Å². The van der Waals surface area contributed by atoms with E-state index in [-0.39, 0.29) is 23.8 Å². The smallest absolute Gasteiger partial charge is 0.246 e. The Morgan fingerprint density at radius 1 is 1.12 bits per heavy atom. The molecule has 0 saturated heterocycles. The fourth-order valence-electron chi connectivity index (χ4n) is 3.27. The van der Waals surface area contributed by atoms with E-state index in [2.05, 4.69) is 10.1 Å². The van der Waals surface area contributed by atoms with Crippen molar-refractivity contribution in [1.82, 2.24) is 19.3 Å². The third-order valence-electron chi connectivity index (χ3n) is 5.18. The summed E-state index contributed by atoms with van der Waals surface area (Å²) in [6.07, 6.45) is 0.485. The van der Waals surface area contributed by atoms with E-state index < -0.39 is 10.0 Å². The summed E-state index contributed by atoms with van der Waals surface area (Å²) in [5.41, 5.74) is 2.57. The molecular formula is C23H28N4O5S. The number of methoxy groups -OCH3 is 1. The molecule has 176 valence electrons. The summed E-state index contributed by atoms with van der Waals surface area (Å²) in [6, 6.07) is 12.4. The van der Waals surface area contributed by atoms with E-state index in [9.17, 15) is 13.2 Å². The van der Waals surface area contributed by atoms with Gasteiger partial charge in [-0.1, -0.05) is 28.9 Å². The van der Waals surface area contributed by atoms with E-state index >= 15 is 0 Å². The van der Waals surface area contributed by atoms with Crippen LogP contribution in [0.2, 0.25) is 0 Å². The van der Waals surface area contributed by atoms with Gasteiger partial charge in [-0.25, -0.2) is 12.7 Å². The highest BCUT2D eigenvalue weighted by atomic mass is 32.2. The molecular weight excluding hydrogens is 444 g/mol. The number of aryl methyl sites for hydroxylation is 2. The monoisotopic (exact) mass is 472 g/mol. The maximum atomic E-state index is 12.7. The Labute approximate surface area is 194 Å². The Kier molecular flexibility index (Phi) is 7.50. The van der Waals surface area contributed by atoms with Gasteiger partial charge in [-0.15, -0.1) is 0 Å². The van der Waals surface area contributed by atoms with Crippen LogP contribution in [-0.2, 0) is 27.8 Å². The zero-order valence-corrected chi connectivity index (χ0v) is 20.2. The Hall–Kier alpha value is -3.24. The van der Waals surface area contributed by atoms with Gasteiger partial charge in [-0.05, 0) is 43.2 Å². The lowest BCUT2D eigenvalue weighted by Gasteiger charge is -2.17. The van der Waals surface area contributed by atoms with Crippen LogP contribution in [-0.4, -0.2) is 61.9 Å². The third-order valence-corrected chi connectivity index (χ3v) is 6.99. The Bertz CT molecular complexity index is 1240. The molecule has 0 unspecified atom stereocenters. The minimum Gasteiger partial charge on any atom is -0.496 e. The molecule has 0 spiro atoms. The first-order chi connectivity index (χ1) is 15.6. The molecule has 0 radical (unpaired) electrons. The summed E-state index contributed by atoms with van der Waals surface area (Å²) in [5, 5.41) is 4.00. The van der Waals surface area contributed by atoms with Gasteiger partial charge in [0, 0.05) is 33.1 Å². The lowest BCUT2D eigenvalue weighted by Crippen LogP contribution is -2.26. The molecule has 0 fully saturated rings. The van der Waals surface area contributed by atoms with Gasteiger partial charge >= 0.3 is 0 Å². The highest BCUT2D eigenvalue weighted by Crippen LogP contribution is 2.25. The minimum absolute atomic E-state index is 0.145. The van der Waals surface area contributed by atoms with E-state index in [4.69, 9.17) is 9.26 Å². The van der Waals surface area contributed by atoms with Crippen molar-refractivity contribution in [3.8, 4) is 17.1 Å². The number of ether oxygens (including phenoxy) is 1. The van der Waals surface area contributed by atoms with E-state index in [0.29, 0.717) is 29.4 Å². The second kappa shape index (κ2) is 10.1. The number of hydrogen-bond donors (Lipinski definition) is 0. The van der Waals surface area contributed by atoms with Crippen molar-refractivity contribution >= 4 is 15.9 Å². The topological polar surface area (TPSA) is 106 Å². The standard InChI is InChI=1S/C23H28N4O5S/c1-16-7-6-8-18(13-16)23-24-21(32-25-23)15-27(4)22(28)12-9-17-14-19(10-11-20(17)31-5)33(29,30)26(2)3/h6-8,10-11,13-14H,9,12,15H2,1-5H3. The summed E-state index contributed by atoms with van der Waals surface area (Å²) < 4.78 is 36.7. The van der Waals surface area contributed by atoms with E-state index in [1.807, 2.05) is 31.2 Å². The van der Waals surface area contributed by atoms with Crippen LogP contribution >= 0.6 is 0 Å². The molecule has 3 rings (SSSR count). The first-order valence-corrected chi connectivity index (χ1v) is 11.8. The van der Waals surface area contributed by atoms with Crippen LogP contribution in [0.15, 0.2) is 51.9 Å². The van der Waals surface area contributed by atoms with Gasteiger partial charge in [0.15, 0.2) is 0 Å². The minimum atomic E-state index is -3.59. The number of carbonyl (C=O) groups is 1. The van der Waals surface area contributed by atoms with Gasteiger partial charge < -0.3 is 14.2 Å². The van der Waals surface area contributed by atoms with Crippen LogP contribution in [0.25, 0.3) is 11.4 Å². The molecule has 3 aromatic rings. The zero-order valence-electron chi connectivity index (χ0n) is 19.4. The van der Waals surface area contributed by atoms with Crippen molar-refractivity contribution in [2.45, 2.75) is 31.2 Å². The Morgan fingerprint density at radius 3 is 2.55 bits per heavy atom. The van der Waals surface area contributed by atoms with Crippen molar-refractivity contribution < 1.29 is 22.5 Å². The van der Waals surface area contributed by atoms with Crippen molar-refractivity contribution in [3.63, 3.8) is 0 Å². The summed E-state index contributed by atoms with van der Waals surface area (Å²) in [6.45, 7) is 2.15. The number of aromatic nitrogens is 2.